The molecule has 1 saturated heterocycles. The molecule has 0 radical (unpaired) electrons. The van der Waals surface area contributed by atoms with Gasteiger partial charge in [-0.2, -0.15) is 0 Å². The third-order valence-corrected chi connectivity index (χ3v) is 4.90. The maximum Gasteiger partial charge on any atom is 0.270 e. The number of aromatic nitrogens is 1. The first-order chi connectivity index (χ1) is 10.4. The fourth-order valence-corrected chi connectivity index (χ4v) is 3.50. The van der Waals surface area contributed by atoms with E-state index in [1.807, 2.05) is 11.8 Å². The van der Waals surface area contributed by atoms with Gasteiger partial charge in [0.15, 0.2) is 0 Å². The first kappa shape index (κ1) is 15.1. The zero-order chi connectivity index (χ0) is 16.0. The molecule has 0 saturated carbocycles. The van der Waals surface area contributed by atoms with E-state index < -0.39 is 0 Å². The average molecular weight is 299 g/mol. The number of benzene rings is 1. The van der Waals surface area contributed by atoms with Crippen LogP contribution in [-0.2, 0) is 0 Å². The molecule has 4 heteroatoms. The van der Waals surface area contributed by atoms with Gasteiger partial charge < -0.3 is 14.8 Å². The molecule has 3 rings (SSSR count). The van der Waals surface area contributed by atoms with Crippen molar-refractivity contribution in [3.8, 4) is 0 Å². The van der Waals surface area contributed by atoms with Crippen molar-refractivity contribution < 1.29 is 4.79 Å². The fraction of sp³-hybridized carbons (Fsp3) is 0.500. The molecule has 1 aromatic carbocycles. The highest BCUT2D eigenvalue weighted by Gasteiger charge is 2.30. The smallest absolute Gasteiger partial charge is 0.270 e. The van der Waals surface area contributed by atoms with Crippen molar-refractivity contribution in [1.29, 1.82) is 0 Å². The van der Waals surface area contributed by atoms with Crippen molar-refractivity contribution in [2.45, 2.75) is 33.2 Å². The lowest BCUT2D eigenvalue weighted by Crippen LogP contribution is -2.34. The highest BCUT2D eigenvalue weighted by molar-refractivity contribution is 6.01. The van der Waals surface area contributed by atoms with Crippen molar-refractivity contribution in [1.82, 2.24) is 14.8 Å². The number of amides is 1. The Balaban J connectivity index is 1.95. The lowest BCUT2D eigenvalue weighted by molar-refractivity contribution is 0.0777. The Morgan fingerprint density at radius 3 is 2.64 bits per heavy atom. The monoisotopic (exact) mass is 299 g/mol. The Hall–Kier alpha value is -1.81. The van der Waals surface area contributed by atoms with Crippen LogP contribution < -0.4 is 0 Å². The topological polar surface area (TPSA) is 39.3 Å². The highest BCUT2D eigenvalue weighted by Crippen LogP contribution is 2.27. The van der Waals surface area contributed by atoms with Crippen LogP contribution in [0.15, 0.2) is 12.1 Å². The van der Waals surface area contributed by atoms with E-state index in [9.17, 15) is 4.79 Å². The van der Waals surface area contributed by atoms with Gasteiger partial charge in [-0.25, -0.2) is 0 Å². The van der Waals surface area contributed by atoms with Crippen LogP contribution in [0.4, 0.5) is 0 Å². The van der Waals surface area contributed by atoms with E-state index in [-0.39, 0.29) is 5.91 Å². The van der Waals surface area contributed by atoms with E-state index >= 15 is 0 Å². The minimum Gasteiger partial charge on any atom is -0.350 e. The van der Waals surface area contributed by atoms with Gasteiger partial charge in [0.05, 0.1) is 0 Å². The Labute approximate surface area is 132 Å². The Morgan fingerprint density at radius 1 is 1.27 bits per heavy atom. The number of hydrogen-bond acceptors (Lipinski definition) is 2. The van der Waals surface area contributed by atoms with Gasteiger partial charge in [0.1, 0.15) is 5.69 Å². The van der Waals surface area contributed by atoms with Gasteiger partial charge in [-0.15, -0.1) is 0 Å². The molecule has 1 aliphatic rings. The molecule has 2 aromatic rings. The molecule has 1 atom stereocenters. The second-order valence-corrected chi connectivity index (χ2v) is 6.79. The molecule has 0 spiro atoms. The van der Waals surface area contributed by atoms with Gasteiger partial charge in [-0.05, 0) is 58.5 Å². The average Bonchev–Trinajstić information content (AvgIpc) is 3.05. The van der Waals surface area contributed by atoms with Crippen molar-refractivity contribution >= 4 is 16.8 Å². The molecule has 118 valence electrons. The van der Waals surface area contributed by atoms with Crippen molar-refractivity contribution in [3.05, 3.63) is 34.5 Å². The van der Waals surface area contributed by atoms with Gasteiger partial charge >= 0.3 is 0 Å². The summed E-state index contributed by atoms with van der Waals surface area (Å²) in [5.74, 6) is 0.134. The number of fused-ring (bicyclic) bond motifs is 1. The van der Waals surface area contributed by atoms with E-state index in [1.54, 1.807) is 0 Å². The molecule has 1 N–H and O–H groups in total. The fourth-order valence-electron chi connectivity index (χ4n) is 3.50. The summed E-state index contributed by atoms with van der Waals surface area (Å²) in [4.78, 5) is 20.4. The molecule has 1 aromatic heterocycles. The molecule has 4 nitrogen and oxygen atoms in total. The van der Waals surface area contributed by atoms with Crippen LogP contribution in [0, 0.1) is 20.8 Å². The van der Waals surface area contributed by atoms with Crippen molar-refractivity contribution in [2.24, 2.45) is 0 Å². The first-order valence-corrected chi connectivity index (χ1v) is 7.93. The van der Waals surface area contributed by atoms with E-state index in [1.165, 1.54) is 16.5 Å². The molecule has 1 aliphatic heterocycles. The molecule has 1 amide bonds. The molecule has 22 heavy (non-hydrogen) atoms. The molecule has 2 heterocycles. The van der Waals surface area contributed by atoms with Crippen LogP contribution >= 0.6 is 0 Å². The summed E-state index contributed by atoms with van der Waals surface area (Å²) < 4.78 is 0. The second kappa shape index (κ2) is 5.43. The molecular weight excluding hydrogens is 274 g/mol. The largest absolute Gasteiger partial charge is 0.350 e. The van der Waals surface area contributed by atoms with Crippen molar-refractivity contribution in [2.75, 3.05) is 27.2 Å². The molecule has 0 aliphatic carbocycles. The molecule has 0 bridgehead atoms. The number of H-pyrrole nitrogens is 1. The lowest BCUT2D eigenvalue weighted by Gasteiger charge is -2.20. The summed E-state index contributed by atoms with van der Waals surface area (Å²) in [5, 5.41) is 1.17. The summed E-state index contributed by atoms with van der Waals surface area (Å²) in [6.07, 6.45) is 1.05. The van der Waals surface area contributed by atoms with Gasteiger partial charge in [-0.1, -0.05) is 11.6 Å². The number of nitrogens with zero attached hydrogens (tertiary/aromatic N) is 2. The molecular formula is C18H25N3O. The van der Waals surface area contributed by atoms with E-state index in [4.69, 9.17) is 0 Å². The number of likely N-dealkylation sites (tertiary alicyclic amines) is 1. The summed E-state index contributed by atoms with van der Waals surface area (Å²) in [6.45, 7) is 7.90. The SMILES string of the molecule is Cc1cc(C)c2[nH]c(C(=O)N3CC[C@@H](N(C)C)C3)c(C)c2c1. The Morgan fingerprint density at radius 2 is 2.00 bits per heavy atom. The summed E-state index contributed by atoms with van der Waals surface area (Å²) in [7, 11) is 4.16. The van der Waals surface area contributed by atoms with E-state index in [0.717, 1.165) is 36.3 Å². The lowest BCUT2D eigenvalue weighted by atomic mass is 10.1. The number of likely N-dealkylation sites (N-methyl/N-ethyl adjacent to an activating group) is 1. The summed E-state index contributed by atoms with van der Waals surface area (Å²) in [6, 6.07) is 4.79. The van der Waals surface area contributed by atoms with Crippen LogP contribution in [0.5, 0.6) is 0 Å². The van der Waals surface area contributed by atoms with Crippen LogP contribution in [0.3, 0.4) is 0 Å². The zero-order valence-corrected chi connectivity index (χ0v) is 14.2. The minimum atomic E-state index is 0.134. The standard InChI is InChI=1S/C18H25N3O/c1-11-8-12(2)16-15(9-11)13(3)17(19-16)18(22)21-7-6-14(10-21)20(4)5/h8-9,14,19H,6-7,10H2,1-5H3/t14-/m1/s1. The summed E-state index contributed by atoms with van der Waals surface area (Å²) >= 11 is 0. The van der Waals surface area contributed by atoms with Crippen molar-refractivity contribution in [3.63, 3.8) is 0 Å². The number of aromatic amines is 1. The second-order valence-electron chi connectivity index (χ2n) is 6.79. The quantitative estimate of drug-likeness (QED) is 0.926. The zero-order valence-electron chi connectivity index (χ0n) is 14.2. The van der Waals surface area contributed by atoms with E-state index in [0.29, 0.717) is 6.04 Å². The summed E-state index contributed by atoms with van der Waals surface area (Å²) in [5.41, 5.74) is 5.35. The Bertz CT molecular complexity index is 729. The predicted octanol–water partition coefficient (Wildman–Crippen LogP) is 2.87. The number of aryl methyl sites for hydroxylation is 3. The Kier molecular flexibility index (Phi) is 3.73. The van der Waals surface area contributed by atoms with Crippen LogP contribution in [-0.4, -0.2) is 53.9 Å². The minimum absolute atomic E-state index is 0.134. The number of hydrogen-bond donors (Lipinski definition) is 1. The molecule has 1 fully saturated rings. The first-order valence-electron chi connectivity index (χ1n) is 7.93. The van der Waals surface area contributed by atoms with E-state index in [2.05, 4.69) is 50.0 Å². The predicted molar refractivity (Wildman–Crippen MR) is 90.5 cm³/mol. The number of nitrogens with one attached hydrogen (secondary N) is 1. The van der Waals surface area contributed by atoms with Gasteiger partial charge in [0, 0.05) is 30.0 Å². The van der Waals surface area contributed by atoms with Gasteiger partial charge in [0.25, 0.3) is 5.91 Å². The van der Waals surface area contributed by atoms with Gasteiger partial charge in [0.2, 0.25) is 0 Å². The number of carbonyl (C=O) groups is 1. The van der Waals surface area contributed by atoms with Crippen LogP contribution in [0.2, 0.25) is 0 Å². The third kappa shape index (κ3) is 2.41. The maximum atomic E-state index is 12.9. The number of carbonyl (C=O) groups excluding carboxylic acids is 1. The highest BCUT2D eigenvalue weighted by atomic mass is 16.2. The molecule has 0 unspecified atom stereocenters. The van der Waals surface area contributed by atoms with Crippen LogP contribution in [0.25, 0.3) is 10.9 Å². The maximum absolute atomic E-state index is 12.9. The van der Waals surface area contributed by atoms with Gasteiger partial charge in [-0.3, -0.25) is 4.79 Å². The number of rotatable bonds is 2. The van der Waals surface area contributed by atoms with Crippen LogP contribution in [0.1, 0.15) is 33.6 Å². The normalized spacial score (nSPS) is 18.6. The third-order valence-electron chi connectivity index (χ3n) is 4.90.